The summed E-state index contributed by atoms with van der Waals surface area (Å²) in [5.41, 5.74) is 3.08. The molecule has 2 unspecified atom stereocenters. The predicted octanol–water partition coefficient (Wildman–Crippen LogP) is 2.17. The van der Waals surface area contributed by atoms with E-state index in [2.05, 4.69) is 36.5 Å². The fourth-order valence-electron chi connectivity index (χ4n) is 3.28. The van der Waals surface area contributed by atoms with Crippen molar-refractivity contribution in [1.29, 1.82) is 0 Å². The summed E-state index contributed by atoms with van der Waals surface area (Å²) in [5, 5.41) is 3.16. The molecule has 1 aromatic carbocycles. The lowest BCUT2D eigenvalue weighted by Crippen LogP contribution is -2.55. The molecule has 2 atom stereocenters. The van der Waals surface area contributed by atoms with Crippen molar-refractivity contribution in [1.82, 2.24) is 5.32 Å². The number of amides is 1. The third-order valence-electron chi connectivity index (χ3n) is 4.31. The lowest BCUT2D eigenvalue weighted by molar-refractivity contribution is -0.125. The largest absolute Gasteiger partial charge is 0.352 e. The first kappa shape index (κ1) is 9.88. The van der Waals surface area contributed by atoms with Crippen LogP contribution < -0.4 is 5.32 Å². The van der Waals surface area contributed by atoms with E-state index in [4.69, 9.17) is 0 Å². The van der Waals surface area contributed by atoms with Gasteiger partial charge in [-0.2, -0.15) is 0 Å². The van der Waals surface area contributed by atoms with Crippen molar-refractivity contribution in [2.75, 3.05) is 0 Å². The number of hydrogen-bond acceptors (Lipinski definition) is 1. The fraction of sp³-hybridized carbons (Fsp3) is 0.500. The van der Waals surface area contributed by atoms with Crippen molar-refractivity contribution in [3.05, 3.63) is 35.4 Å². The van der Waals surface area contributed by atoms with Crippen LogP contribution in [0.15, 0.2) is 24.3 Å². The van der Waals surface area contributed by atoms with Gasteiger partial charge in [0.25, 0.3) is 0 Å². The van der Waals surface area contributed by atoms with Gasteiger partial charge in [-0.15, -0.1) is 0 Å². The lowest BCUT2D eigenvalue weighted by Gasteiger charge is -2.46. The Labute approximate surface area is 96.1 Å². The van der Waals surface area contributed by atoms with Crippen molar-refractivity contribution < 1.29 is 4.79 Å². The van der Waals surface area contributed by atoms with Crippen molar-refractivity contribution >= 4 is 5.91 Å². The normalized spacial score (nSPS) is 32.6. The number of benzene rings is 1. The second-order valence-electron chi connectivity index (χ2n) is 5.23. The van der Waals surface area contributed by atoms with E-state index < -0.39 is 0 Å². The summed E-state index contributed by atoms with van der Waals surface area (Å²) in [4.78, 5) is 11.5. The second-order valence-corrected chi connectivity index (χ2v) is 5.23. The first-order chi connectivity index (χ1) is 7.70. The van der Waals surface area contributed by atoms with Gasteiger partial charge in [0, 0.05) is 17.9 Å². The molecule has 2 aliphatic rings. The minimum absolute atomic E-state index is 0.156. The maximum atomic E-state index is 11.5. The smallest absolute Gasteiger partial charge is 0.220 e. The maximum absolute atomic E-state index is 11.5. The predicted molar refractivity (Wildman–Crippen MR) is 63.3 cm³/mol. The molecule has 1 heterocycles. The number of piperidine rings is 1. The molecule has 1 aromatic rings. The molecule has 1 fully saturated rings. The number of carbonyl (C=O) groups is 1. The van der Waals surface area contributed by atoms with Gasteiger partial charge in [0.2, 0.25) is 5.91 Å². The van der Waals surface area contributed by atoms with Gasteiger partial charge in [0.1, 0.15) is 0 Å². The molecule has 1 amide bonds. The summed E-state index contributed by atoms with van der Waals surface area (Å²) < 4.78 is 0. The molecule has 0 saturated carbocycles. The molecule has 1 aliphatic heterocycles. The highest BCUT2D eigenvalue weighted by Crippen LogP contribution is 2.42. The monoisotopic (exact) mass is 215 g/mol. The molecule has 3 rings (SSSR count). The highest BCUT2D eigenvalue weighted by molar-refractivity contribution is 5.78. The zero-order valence-electron chi connectivity index (χ0n) is 9.62. The summed E-state index contributed by atoms with van der Waals surface area (Å²) in [6, 6.07) is 9.03. The van der Waals surface area contributed by atoms with Gasteiger partial charge in [-0.05, 0) is 30.4 Å². The van der Waals surface area contributed by atoms with Crippen LogP contribution in [0, 0.1) is 0 Å². The summed E-state index contributed by atoms with van der Waals surface area (Å²) >= 11 is 0. The average molecular weight is 215 g/mol. The van der Waals surface area contributed by atoms with Crippen LogP contribution in [0.2, 0.25) is 0 Å². The zero-order valence-corrected chi connectivity index (χ0v) is 9.62. The number of aryl methyl sites for hydroxylation is 1. The van der Waals surface area contributed by atoms with E-state index in [-0.39, 0.29) is 11.3 Å². The number of fused-ring (bicyclic) bond motifs is 3. The van der Waals surface area contributed by atoms with E-state index >= 15 is 0 Å². The molecule has 0 spiro atoms. The average Bonchev–Trinajstić information content (AvgIpc) is 2.31. The summed E-state index contributed by atoms with van der Waals surface area (Å²) in [5.74, 6) is 0.224. The molecule has 2 heteroatoms. The Balaban J connectivity index is 2.07. The van der Waals surface area contributed by atoms with Crippen molar-refractivity contribution in [3.63, 3.8) is 0 Å². The third-order valence-corrected chi connectivity index (χ3v) is 4.31. The van der Waals surface area contributed by atoms with Gasteiger partial charge in [-0.1, -0.05) is 31.2 Å². The van der Waals surface area contributed by atoms with Gasteiger partial charge in [0.15, 0.2) is 0 Å². The Kier molecular flexibility index (Phi) is 2.06. The number of nitrogens with one attached hydrogen (secondary N) is 1. The molecule has 0 aromatic heterocycles. The molecular formula is C14H17NO. The second kappa shape index (κ2) is 3.34. The molecule has 1 saturated heterocycles. The number of carbonyl (C=O) groups excluding carboxylic acids is 1. The van der Waals surface area contributed by atoms with Crippen LogP contribution in [0.5, 0.6) is 0 Å². The minimum atomic E-state index is 0.156. The van der Waals surface area contributed by atoms with Crippen LogP contribution in [-0.2, 0) is 16.6 Å². The van der Waals surface area contributed by atoms with Crippen LogP contribution in [0.3, 0.4) is 0 Å². The van der Waals surface area contributed by atoms with E-state index in [0.29, 0.717) is 12.5 Å². The van der Waals surface area contributed by atoms with Crippen molar-refractivity contribution in [2.24, 2.45) is 0 Å². The maximum Gasteiger partial charge on any atom is 0.220 e. The summed E-state index contributed by atoms with van der Waals surface area (Å²) in [7, 11) is 0. The van der Waals surface area contributed by atoms with E-state index in [9.17, 15) is 4.79 Å². The molecule has 16 heavy (non-hydrogen) atoms. The van der Waals surface area contributed by atoms with E-state index in [1.807, 2.05) is 0 Å². The first-order valence-corrected chi connectivity index (χ1v) is 6.08. The fourth-order valence-corrected chi connectivity index (χ4v) is 3.28. The third kappa shape index (κ3) is 1.29. The van der Waals surface area contributed by atoms with Crippen LogP contribution in [0.1, 0.15) is 37.3 Å². The van der Waals surface area contributed by atoms with Crippen LogP contribution >= 0.6 is 0 Å². The Bertz CT molecular complexity index is 440. The molecule has 0 radical (unpaired) electrons. The van der Waals surface area contributed by atoms with Crippen molar-refractivity contribution in [2.45, 2.75) is 44.1 Å². The Hall–Kier alpha value is -1.31. The quantitative estimate of drug-likeness (QED) is 0.706. The summed E-state index contributed by atoms with van der Waals surface area (Å²) in [6.45, 7) is 2.30. The van der Waals surface area contributed by atoms with Crippen molar-refractivity contribution in [3.8, 4) is 0 Å². The molecule has 1 aliphatic carbocycles. The minimum Gasteiger partial charge on any atom is -0.352 e. The Morgan fingerprint density at radius 1 is 1.31 bits per heavy atom. The SMILES string of the molecule is CC12CCC(=O)NC1CCc1ccccc12. The standard InChI is InChI=1S/C14H17NO/c1-14-9-8-13(16)15-12(14)7-6-10-4-2-3-5-11(10)14/h2-5,12H,6-9H2,1H3,(H,15,16). The zero-order chi connectivity index (χ0) is 11.2. The highest BCUT2D eigenvalue weighted by Gasteiger charge is 2.43. The van der Waals surface area contributed by atoms with Gasteiger partial charge in [0.05, 0.1) is 0 Å². The molecule has 1 N–H and O–H groups in total. The van der Waals surface area contributed by atoms with E-state index in [1.165, 1.54) is 11.1 Å². The van der Waals surface area contributed by atoms with E-state index in [0.717, 1.165) is 19.3 Å². The van der Waals surface area contributed by atoms with E-state index in [1.54, 1.807) is 0 Å². The highest BCUT2D eigenvalue weighted by atomic mass is 16.1. The first-order valence-electron chi connectivity index (χ1n) is 6.08. The molecular weight excluding hydrogens is 198 g/mol. The van der Waals surface area contributed by atoms with Crippen LogP contribution in [0.4, 0.5) is 0 Å². The Morgan fingerprint density at radius 2 is 2.12 bits per heavy atom. The van der Waals surface area contributed by atoms with Crippen LogP contribution in [0.25, 0.3) is 0 Å². The summed E-state index contributed by atoms with van der Waals surface area (Å²) in [6.07, 6.45) is 3.83. The van der Waals surface area contributed by atoms with Gasteiger partial charge in [-0.25, -0.2) is 0 Å². The Morgan fingerprint density at radius 3 is 3.00 bits per heavy atom. The van der Waals surface area contributed by atoms with Gasteiger partial charge in [-0.3, -0.25) is 4.79 Å². The molecule has 0 bridgehead atoms. The van der Waals surface area contributed by atoms with Crippen LogP contribution in [-0.4, -0.2) is 11.9 Å². The van der Waals surface area contributed by atoms with Gasteiger partial charge >= 0.3 is 0 Å². The number of hydrogen-bond donors (Lipinski definition) is 1. The lowest BCUT2D eigenvalue weighted by atomic mass is 9.64. The molecule has 84 valence electrons. The topological polar surface area (TPSA) is 29.1 Å². The van der Waals surface area contributed by atoms with Gasteiger partial charge < -0.3 is 5.32 Å². The number of rotatable bonds is 0. The molecule has 2 nitrogen and oxygen atoms in total.